The van der Waals surface area contributed by atoms with Crippen molar-refractivity contribution in [1.29, 1.82) is 0 Å². The van der Waals surface area contributed by atoms with Crippen LogP contribution in [0.15, 0.2) is 42.6 Å². The molecule has 7 nitrogen and oxygen atoms in total. The van der Waals surface area contributed by atoms with Gasteiger partial charge in [-0.25, -0.2) is 0 Å². The van der Waals surface area contributed by atoms with Crippen LogP contribution in [0.3, 0.4) is 0 Å². The molecule has 1 saturated heterocycles. The lowest BCUT2D eigenvalue weighted by molar-refractivity contribution is -0.121. The lowest BCUT2D eigenvalue weighted by atomic mass is 9.74. The normalized spacial score (nSPS) is 27.1. The molecule has 4 rings (SSSR count). The van der Waals surface area contributed by atoms with Crippen molar-refractivity contribution in [3.8, 4) is 0 Å². The zero-order valence-electron chi connectivity index (χ0n) is 19.1. The van der Waals surface area contributed by atoms with Crippen LogP contribution in [0.1, 0.15) is 43.4 Å². The molecule has 0 bridgehead atoms. The monoisotopic (exact) mass is 440 g/mol. The Morgan fingerprint density at radius 2 is 1.94 bits per heavy atom. The number of carbonyl (C=O) groups excluding carboxylic acids is 1. The zero-order valence-corrected chi connectivity index (χ0v) is 19.1. The number of aliphatic hydroxyl groups is 1. The molecule has 2 heterocycles. The van der Waals surface area contributed by atoms with Gasteiger partial charge in [0, 0.05) is 55.9 Å². The zero-order chi connectivity index (χ0) is 22.4. The molecule has 2 N–H and O–H groups in total. The highest BCUT2D eigenvalue weighted by molar-refractivity contribution is 5.76. The molecule has 1 aromatic carbocycles. The van der Waals surface area contributed by atoms with Crippen molar-refractivity contribution in [3.63, 3.8) is 0 Å². The summed E-state index contributed by atoms with van der Waals surface area (Å²) < 4.78 is 7.37. The van der Waals surface area contributed by atoms with Crippen LogP contribution in [0.4, 0.5) is 0 Å². The van der Waals surface area contributed by atoms with Crippen LogP contribution >= 0.6 is 0 Å². The maximum Gasteiger partial charge on any atom is 0.221 e. The minimum Gasteiger partial charge on any atom is -0.391 e. The maximum absolute atomic E-state index is 12.7. The Morgan fingerprint density at radius 1 is 1.19 bits per heavy atom. The molecule has 2 aromatic rings. The Balaban J connectivity index is 1.44. The molecule has 1 aromatic heterocycles. The van der Waals surface area contributed by atoms with Crippen molar-refractivity contribution in [2.45, 2.75) is 63.1 Å². The van der Waals surface area contributed by atoms with Crippen molar-refractivity contribution in [1.82, 2.24) is 20.0 Å². The fraction of sp³-hybridized carbons (Fsp3) is 0.600. The lowest BCUT2D eigenvalue weighted by Gasteiger charge is -2.37. The number of rotatable bonds is 7. The second kappa shape index (κ2) is 10.6. The molecule has 174 valence electrons. The maximum atomic E-state index is 12.7. The first-order valence-electron chi connectivity index (χ1n) is 11.9. The van der Waals surface area contributed by atoms with Crippen LogP contribution in [0, 0.1) is 6.92 Å². The van der Waals surface area contributed by atoms with Gasteiger partial charge in [-0.3, -0.25) is 14.4 Å². The number of aromatic nitrogens is 2. The third-order valence-corrected chi connectivity index (χ3v) is 7.29. The average Bonchev–Trinajstić information content (AvgIpc) is 3.16. The molecule has 1 saturated carbocycles. The third-order valence-electron chi connectivity index (χ3n) is 7.29. The molecule has 2 fully saturated rings. The van der Waals surface area contributed by atoms with E-state index >= 15 is 0 Å². The van der Waals surface area contributed by atoms with Crippen LogP contribution < -0.4 is 5.32 Å². The third kappa shape index (κ3) is 5.39. The van der Waals surface area contributed by atoms with E-state index in [-0.39, 0.29) is 23.5 Å². The molecule has 2 aliphatic rings. The summed E-state index contributed by atoms with van der Waals surface area (Å²) in [6, 6.07) is 12.6. The Labute approximate surface area is 190 Å². The lowest BCUT2D eigenvalue weighted by Crippen LogP contribution is -2.48. The SMILES string of the molecule is Cc1ccnn1CCC(=O)NC[C@]1(c2ccccc2)CC[C@@H](O)[C@H](N2CCOCC2)CC1. The minimum absolute atomic E-state index is 0.0460. The molecular weight excluding hydrogens is 404 g/mol. The van der Waals surface area contributed by atoms with E-state index in [0.717, 1.165) is 57.7 Å². The molecule has 1 amide bonds. The van der Waals surface area contributed by atoms with E-state index < -0.39 is 0 Å². The highest BCUT2D eigenvalue weighted by atomic mass is 16.5. The van der Waals surface area contributed by atoms with E-state index in [0.29, 0.717) is 19.5 Å². The number of amides is 1. The van der Waals surface area contributed by atoms with Crippen LogP contribution in [0.25, 0.3) is 0 Å². The van der Waals surface area contributed by atoms with E-state index in [1.807, 2.05) is 23.7 Å². The first-order chi connectivity index (χ1) is 15.6. The second-order valence-corrected chi connectivity index (χ2v) is 9.23. The molecule has 1 aliphatic carbocycles. The summed E-state index contributed by atoms with van der Waals surface area (Å²) in [5.41, 5.74) is 2.14. The largest absolute Gasteiger partial charge is 0.391 e. The molecule has 7 heteroatoms. The Morgan fingerprint density at radius 3 is 2.66 bits per heavy atom. The van der Waals surface area contributed by atoms with E-state index in [2.05, 4.69) is 39.6 Å². The molecule has 0 spiro atoms. The number of aliphatic hydroxyl groups excluding tert-OH is 1. The minimum atomic E-state index is -0.350. The van der Waals surface area contributed by atoms with Crippen LogP contribution in [0.5, 0.6) is 0 Å². The number of benzene rings is 1. The topological polar surface area (TPSA) is 79.6 Å². The quantitative estimate of drug-likeness (QED) is 0.646. The standard InChI is InChI=1S/C25H36N4O3/c1-20-9-13-27-29(20)14-10-24(31)26-19-25(21-5-3-2-4-6-21)11-7-22(23(30)8-12-25)28-15-17-32-18-16-28/h2-6,9,13,22-23,30H,7-8,10-12,14-19H2,1H3,(H,26,31)/t22-,23-,25-/m1/s1. The van der Waals surface area contributed by atoms with Gasteiger partial charge in [0.1, 0.15) is 0 Å². The summed E-state index contributed by atoms with van der Waals surface area (Å²) in [4.78, 5) is 15.1. The summed E-state index contributed by atoms with van der Waals surface area (Å²) in [7, 11) is 0. The highest BCUT2D eigenvalue weighted by Crippen LogP contribution is 2.39. The highest BCUT2D eigenvalue weighted by Gasteiger charge is 2.40. The van der Waals surface area contributed by atoms with Gasteiger partial charge in [-0.2, -0.15) is 5.10 Å². The fourth-order valence-electron chi connectivity index (χ4n) is 5.25. The first kappa shape index (κ1) is 23.0. The number of carbonyl (C=O) groups is 1. The van der Waals surface area contributed by atoms with E-state index in [4.69, 9.17) is 4.74 Å². The second-order valence-electron chi connectivity index (χ2n) is 9.23. The predicted molar refractivity (Wildman–Crippen MR) is 123 cm³/mol. The van der Waals surface area contributed by atoms with Crippen LogP contribution in [-0.4, -0.2) is 70.7 Å². The number of nitrogens with one attached hydrogen (secondary N) is 1. The number of hydrogen-bond donors (Lipinski definition) is 2. The van der Waals surface area contributed by atoms with Gasteiger partial charge in [0.25, 0.3) is 0 Å². The average molecular weight is 441 g/mol. The number of morpholine rings is 1. The van der Waals surface area contributed by atoms with E-state index in [1.54, 1.807) is 6.20 Å². The molecular formula is C25H36N4O3. The summed E-state index contributed by atoms with van der Waals surface area (Å²) >= 11 is 0. The van der Waals surface area contributed by atoms with E-state index in [9.17, 15) is 9.90 Å². The summed E-state index contributed by atoms with van der Waals surface area (Å²) in [6.45, 7) is 6.40. The molecule has 1 aliphatic heterocycles. The summed E-state index contributed by atoms with van der Waals surface area (Å²) in [5, 5.41) is 18.5. The van der Waals surface area contributed by atoms with Gasteiger partial charge in [0.05, 0.1) is 19.3 Å². The molecule has 32 heavy (non-hydrogen) atoms. The van der Waals surface area contributed by atoms with Gasteiger partial charge in [0.15, 0.2) is 0 Å². The Kier molecular flexibility index (Phi) is 7.60. The number of ether oxygens (including phenoxy) is 1. The van der Waals surface area contributed by atoms with Crippen LogP contribution in [0.2, 0.25) is 0 Å². The first-order valence-corrected chi connectivity index (χ1v) is 11.9. The van der Waals surface area contributed by atoms with Crippen molar-refractivity contribution in [2.24, 2.45) is 0 Å². The van der Waals surface area contributed by atoms with E-state index in [1.165, 1.54) is 5.56 Å². The molecule has 0 unspecified atom stereocenters. The van der Waals surface area contributed by atoms with Crippen molar-refractivity contribution >= 4 is 5.91 Å². The van der Waals surface area contributed by atoms with Gasteiger partial charge in [-0.15, -0.1) is 0 Å². The van der Waals surface area contributed by atoms with Gasteiger partial charge in [0.2, 0.25) is 5.91 Å². The van der Waals surface area contributed by atoms with Crippen molar-refractivity contribution in [2.75, 3.05) is 32.8 Å². The summed E-state index contributed by atoms with van der Waals surface area (Å²) in [5.74, 6) is 0.0460. The van der Waals surface area contributed by atoms with Crippen molar-refractivity contribution in [3.05, 3.63) is 53.9 Å². The summed E-state index contributed by atoms with van der Waals surface area (Å²) in [6.07, 6.45) is 5.27. The Bertz CT molecular complexity index is 865. The van der Waals surface area contributed by atoms with Crippen molar-refractivity contribution < 1.29 is 14.6 Å². The van der Waals surface area contributed by atoms with Gasteiger partial charge in [-0.05, 0) is 44.2 Å². The smallest absolute Gasteiger partial charge is 0.221 e. The number of nitrogens with zero attached hydrogens (tertiary/aromatic N) is 3. The number of aryl methyl sites for hydroxylation is 2. The fourth-order valence-corrected chi connectivity index (χ4v) is 5.25. The molecule has 3 atom stereocenters. The molecule has 0 radical (unpaired) electrons. The Hall–Kier alpha value is -2.22. The van der Waals surface area contributed by atoms with Gasteiger partial charge in [-0.1, -0.05) is 30.3 Å². The number of hydrogen-bond acceptors (Lipinski definition) is 5. The van der Waals surface area contributed by atoms with Crippen LogP contribution in [-0.2, 0) is 21.5 Å². The van der Waals surface area contributed by atoms with Gasteiger partial charge >= 0.3 is 0 Å². The predicted octanol–water partition coefficient (Wildman–Crippen LogP) is 2.27. The van der Waals surface area contributed by atoms with Gasteiger partial charge < -0.3 is 15.2 Å².